The Morgan fingerprint density at radius 1 is 1.35 bits per heavy atom. The smallest absolute Gasteiger partial charge is 0.250 e. The summed E-state index contributed by atoms with van der Waals surface area (Å²) in [5.41, 5.74) is 0.889. The Bertz CT molecular complexity index is 524. The molecule has 0 fully saturated rings. The molecule has 1 heterocycles. The van der Waals surface area contributed by atoms with E-state index >= 15 is 0 Å². The predicted octanol–water partition coefficient (Wildman–Crippen LogP) is 2.24. The number of halogens is 1. The molecule has 0 unspecified atom stereocenters. The molecule has 0 bridgehead atoms. The zero-order valence-corrected chi connectivity index (χ0v) is 10.1. The van der Waals surface area contributed by atoms with E-state index in [-0.39, 0.29) is 5.91 Å². The third-order valence-electron chi connectivity index (χ3n) is 1.83. The molecule has 2 rings (SSSR count). The zero-order valence-electron chi connectivity index (χ0n) is 8.50. The van der Waals surface area contributed by atoms with E-state index in [2.05, 4.69) is 20.1 Å². The van der Waals surface area contributed by atoms with Gasteiger partial charge in [0.15, 0.2) is 0 Å². The maximum atomic E-state index is 11.4. The third kappa shape index (κ3) is 3.61. The number of hydrogen-bond acceptors (Lipinski definition) is 5. The van der Waals surface area contributed by atoms with Crippen LogP contribution in [0.25, 0.3) is 6.08 Å². The minimum atomic E-state index is -0.279. The topological polar surface area (TPSA) is 67.8 Å². The van der Waals surface area contributed by atoms with Gasteiger partial charge < -0.3 is 0 Å². The molecule has 5 nitrogen and oxygen atoms in total. The second kappa shape index (κ2) is 5.51. The van der Waals surface area contributed by atoms with E-state index in [0.29, 0.717) is 10.2 Å². The fraction of sp³-hybridized carbons (Fsp3) is 0. The number of rotatable bonds is 3. The molecule has 1 amide bonds. The maximum absolute atomic E-state index is 11.4. The minimum absolute atomic E-state index is 0.279. The number of aromatic nitrogens is 3. The van der Waals surface area contributed by atoms with Crippen LogP contribution in [0.15, 0.2) is 30.3 Å². The Labute approximate surface area is 106 Å². The van der Waals surface area contributed by atoms with Crippen LogP contribution in [-0.4, -0.2) is 20.7 Å². The molecule has 0 aliphatic carbocycles. The lowest BCUT2D eigenvalue weighted by Crippen LogP contribution is -2.07. The quantitative estimate of drug-likeness (QED) is 0.865. The van der Waals surface area contributed by atoms with E-state index in [4.69, 9.17) is 11.6 Å². The van der Waals surface area contributed by atoms with Gasteiger partial charge in [-0.1, -0.05) is 33.3 Å². The summed E-state index contributed by atoms with van der Waals surface area (Å²) in [4.78, 5) is 11.4. The van der Waals surface area contributed by atoms with Crippen molar-refractivity contribution >= 4 is 40.2 Å². The Hall–Kier alpha value is -1.79. The summed E-state index contributed by atoms with van der Waals surface area (Å²) in [6, 6.07) is 7.15. The fourth-order valence-electron chi connectivity index (χ4n) is 1.07. The first-order valence-corrected chi connectivity index (χ1v) is 5.79. The summed E-state index contributed by atoms with van der Waals surface area (Å²) in [7, 11) is 0. The molecule has 0 saturated heterocycles. The number of hydrogen-bond donors (Lipinski definition) is 1. The van der Waals surface area contributed by atoms with E-state index in [0.717, 1.165) is 17.1 Å². The maximum Gasteiger partial charge on any atom is 0.250 e. The molecule has 0 saturated carbocycles. The van der Waals surface area contributed by atoms with Gasteiger partial charge in [-0.05, 0) is 29.0 Å². The second-order valence-electron chi connectivity index (χ2n) is 3.04. The summed E-state index contributed by atoms with van der Waals surface area (Å²) < 4.78 is 3.53. The van der Waals surface area contributed by atoms with Crippen LogP contribution in [0, 0.1) is 0 Å². The highest BCUT2D eigenvalue weighted by Gasteiger charge is 2.00. The van der Waals surface area contributed by atoms with E-state index in [1.54, 1.807) is 18.2 Å². The Morgan fingerprint density at radius 2 is 2.12 bits per heavy atom. The lowest BCUT2D eigenvalue weighted by molar-refractivity contribution is -0.111. The van der Waals surface area contributed by atoms with Gasteiger partial charge in [-0.25, -0.2) is 0 Å². The molecule has 0 atom stereocenters. The van der Waals surface area contributed by atoms with Crippen molar-refractivity contribution in [3.63, 3.8) is 0 Å². The van der Waals surface area contributed by atoms with Crippen molar-refractivity contribution < 1.29 is 4.79 Å². The summed E-state index contributed by atoms with van der Waals surface area (Å²) >= 11 is 6.76. The number of benzene rings is 1. The molecule has 1 aromatic heterocycles. The molecule has 7 heteroatoms. The van der Waals surface area contributed by atoms with Crippen molar-refractivity contribution in [2.75, 3.05) is 5.32 Å². The first-order valence-electron chi connectivity index (χ1n) is 4.64. The van der Waals surface area contributed by atoms with Crippen LogP contribution in [0.3, 0.4) is 0 Å². The van der Waals surface area contributed by atoms with Gasteiger partial charge in [0, 0.05) is 22.6 Å². The number of carbonyl (C=O) groups excluding carboxylic acids is 1. The fourth-order valence-corrected chi connectivity index (χ4v) is 1.57. The number of nitrogens with one attached hydrogen (secondary N) is 1. The average Bonchev–Trinajstić information content (AvgIpc) is 2.81. The molecule has 0 aliphatic rings. The minimum Gasteiger partial charge on any atom is -0.296 e. The van der Waals surface area contributed by atoms with Crippen molar-refractivity contribution in [1.29, 1.82) is 0 Å². The van der Waals surface area contributed by atoms with Crippen molar-refractivity contribution in [3.8, 4) is 0 Å². The monoisotopic (exact) mass is 266 g/mol. The Balaban J connectivity index is 1.96. The van der Waals surface area contributed by atoms with E-state index in [1.165, 1.54) is 6.08 Å². The van der Waals surface area contributed by atoms with E-state index < -0.39 is 0 Å². The van der Waals surface area contributed by atoms with Gasteiger partial charge in [-0.3, -0.25) is 10.1 Å². The van der Waals surface area contributed by atoms with Gasteiger partial charge in [0.05, 0.1) is 0 Å². The largest absolute Gasteiger partial charge is 0.296 e. The molecule has 1 N–H and O–H groups in total. The SMILES string of the molecule is O=C(/C=C/c1ccc(Cl)cc1)Nc1nnns1. The summed E-state index contributed by atoms with van der Waals surface area (Å²) in [6.07, 6.45) is 3.09. The van der Waals surface area contributed by atoms with Crippen molar-refractivity contribution in [2.45, 2.75) is 0 Å². The molecule has 17 heavy (non-hydrogen) atoms. The average molecular weight is 267 g/mol. The van der Waals surface area contributed by atoms with Gasteiger partial charge in [-0.2, -0.15) is 0 Å². The molecular weight excluding hydrogens is 260 g/mol. The van der Waals surface area contributed by atoms with Crippen LogP contribution < -0.4 is 5.32 Å². The number of nitrogens with zero attached hydrogens (tertiary/aromatic N) is 3. The molecular formula is C10H7ClN4OS. The number of carbonyl (C=O) groups is 1. The lowest BCUT2D eigenvalue weighted by atomic mass is 10.2. The Kier molecular flexibility index (Phi) is 3.79. The molecule has 1 aromatic carbocycles. The predicted molar refractivity (Wildman–Crippen MR) is 66.8 cm³/mol. The molecule has 0 spiro atoms. The first kappa shape index (κ1) is 11.7. The van der Waals surface area contributed by atoms with Gasteiger partial charge in [0.2, 0.25) is 11.0 Å². The molecule has 0 aliphatic heterocycles. The molecule has 0 radical (unpaired) electrons. The van der Waals surface area contributed by atoms with Crippen LogP contribution in [-0.2, 0) is 4.79 Å². The van der Waals surface area contributed by atoms with Crippen LogP contribution in [0.4, 0.5) is 5.13 Å². The lowest BCUT2D eigenvalue weighted by Gasteiger charge is -1.95. The van der Waals surface area contributed by atoms with E-state index in [1.807, 2.05) is 12.1 Å². The van der Waals surface area contributed by atoms with Crippen molar-refractivity contribution in [2.24, 2.45) is 0 Å². The summed E-state index contributed by atoms with van der Waals surface area (Å²) in [5.74, 6) is -0.279. The molecule has 86 valence electrons. The van der Waals surface area contributed by atoms with Crippen LogP contribution in [0.1, 0.15) is 5.56 Å². The summed E-state index contributed by atoms with van der Waals surface area (Å²) in [5, 5.41) is 10.5. The van der Waals surface area contributed by atoms with Gasteiger partial charge in [-0.15, -0.1) is 0 Å². The molecule has 2 aromatic rings. The van der Waals surface area contributed by atoms with Gasteiger partial charge >= 0.3 is 0 Å². The highest BCUT2D eigenvalue weighted by molar-refractivity contribution is 7.09. The third-order valence-corrected chi connectivity index (χ3v) is 2.59. The van der Waals surface area contributed by atoms with Gasteiger partial charge in [0.1, 0.15) is 0 Å². The second-order valence-corrected chi connectivity index (χ2v) is 4.21. The van der Waals surface area contributed by atoms with Crippen LogP contribution >= 0.6 is 23.1 Å². The van der Waals surface area contributed by atoms with E-state index in [9.17, 15) is 4.79 Å². The van der Waals surface area contributed by atoms with Crippen LogP contribution in [0.5, 0.6) is 0 Å². The van der Waals surface area contributed by atoms with Crippen molar-refractivity contribution in [3.05, 3.63) is 40.9 Å². The standard InChI is InChI=1S/C10H7ClN4OS/c11-8-4-1-7(2-5-8)3-6-9(16)12-10-13-14-15-17-10/h1-6H,(H,12,13,15,16)/b6-3+. The van der Waals surface area contributed by atoms with Gasteiger partial charge in [0.25, 0.3) is 0 Å². The zero-order chi connectivity index (χ0) is 12.1. The number of amides is 1. The summed E-state index contributed by atoms with van der Waals surface area (Å²) in [6.45, 7) is 0. The highest BCUT2D eigenvalue weighted by Crippen LogP contribution is 2.11. The Morgan fingerprint density at radius 3 is 2.76 bits per heavy atom. The first-order chi connectivity index (χ1) is 8.24. The van der Waals surface area contributed by atoms with Crippen molar-refractivity contribution in [1.82, 2.24) is 14.8 Å². The highest BCUT2D eigenvalue weighted by atomic mass is 35.5. The van der Waals surface area contributed by atoms with Crippen LogP contribution in [0.2, 0.25) is 5.02 Å². The normalized spacial score (nSPS) is 10.6. The number of anilines is 1.